The smallest absolute Gasteiger partial charge is 0.225 e. The van der Waals surface area contributed by atoms with E-state index in [1.807, 2.05) is 32.9 Å². The van der Waals surface area contributed by atoms with Gasteiger partial charge in [-0.25, -0.2) is 4.98 Å². The summed E-state index contributed by atoms with van der Waals surface area (Å²) in [6.07, 6.45) is 1.68. The first kappa shape index (κ1) is 12.4. The standard InChI is InChI=1S/C14H17N3O/c1-4-15-14-16-6-5-13(17-14)18-12-8-10(2)7-11(3)9-12/h5-9H,4H2,1-3H3,(H,15,16,17). The first-order valence-corrected chi connectivity index (χ1v) is 6.00. The van der Waals surface area contributed by atoms with E-state index in [0.29, 0.717) is 11.8 Å². The van der Waals surface area contributed by atoms with Crippen LogP contribution < -0.4 is 10.1 Å². The zero-order chi connectivity index (χ0) is 13.0. The second-order valence-electron chi connectivity index (χ2n) is 4.17. The molecule has 1 heterocycles. The number of nitrogens with one attached hydrogen (secondary N) is 1. The summed E-state index contributed by atoms with van der Waals surface area (Å²) in [7, 11) is 0. The molecule has 0 saturated heterocycles. The van der Waals surface area contributed by atoms with Gasteiger partial charge in [-0.05, 0) is 44.0 Å². The molecule has 18 heavy (non-hydrogen) atoms. The Kier molecular flexibility index (Phi) is 3.77. The summed E-state index contributed by atoms with van der Waals surface area (Å²) in [5.74, 6) is 1.93. The van der Waals surface area contributed by atoms with E-state index in [1.165, 1.54) is 11.1 Å². The zero-order valence-electron chi connectivity index (χ0n) is 10.9. The van der Waals surface area contributed by atoms with Crippen LogP contribution in [0.25, 0.3) is 0 Å². The molecule has 0 aliphatic heterocycles. The van der Waals surface area contributed by atoms with Gasteiger partial charge in [0.05, 0.1) is 0 Å². The molecule has 1 aromatic carbocycles. The number of rotatable bonds is 4. The predicted octanol–water partition coefficient (Wildman–Crippen LogP) is 3.32. The Morgan fingerprint density at radius 3 is 2.56 bits per heavy atom. The fourth-order valence-electron chi connectivity index (χ4n) is 1.75. The van der Waals surface area contributed by atoms with Gasteiger partial charge < -0.3 is 10.1 Å². The lowest BCUT2D eigenvalue weighted by atomic mass is 10.1. The zero-order valence-corrected chi connectivity index (χ0v) is 10.9. The minimum Gasteiger partial charge on any atom is -0.439 e. The Morgan fingerprint density at radius 1 is 1.17 bits per heavy atom. The van der Waals surface area contributed by atoms with E-state index in [1.54, 1.807) is 12.3 Å². The Bertz CT molecular complexity index is 520. The Morgan fingerprint density at radius 2 is 1.89 bits per heavy atom. The van der Waals surface area contributed by atoms with Gasteiger partial charge in [0, 0.05) is 18.8 Å². The van der Waals surface area contributed by atoms with Crippen molar-refractivity contribution in [1.29, 1.82) is 0 Å². The molecule has 4 nitrogen and oxygen atoms in total. The minimum absolute atomic E-state index is 0.547. The summed E-state index contributed by atoms with van der Waals surface area (Å²) in [4.78, 5) is 8.38. The SMILES string of the molecule is CCNc1nccc(Oc2cc(C)cc(C)c2)n1. The van der Waals surface area contributed by atoms with Crippen LogP contribution in [-0.2, 0) is 0 Å². The maximum atomic E-state index is 5.74. The minimum atomic E-state index is 0.547. The van der Waals surface area contributed by atoms with Crippen molar-refractivity contribution in [3.05, 3.63) is 41.6 Å². The van der Waals surface area contributed by atoms with E-state index in [0.717, 1.165) is 12.3 Å². The van der Waals surface area contributed by atoms with Crippen molar-refractivity contribution < 1.29 is 4.74 Å². The number of anilines is 1. The third-order valence-electron chi connectivity index (χ3n) is 2.38. The summed E-state index contributed by atoms with van der Waals surface area (Å²) in [6.45, 7) is 6.88. The van der Waals surface area contributed by atoms with E-state index >= 15 is 0 Å². The Labute approximate surface area is 107 Å². The average Bonchev–Trinajstić information content (AvgIpc) is 2.28. The molecule has 0 unspecified atom stereocenters. The molecule has 0 saturated carbocycles. The number of hydrogen-bond acceptors (Lipinski definition) is 4. The van der Waals surface area contributed by atoms with Crippen LogP contribution in [0, 0.1) is 13.8 Å². The highest BCUT2D eigenvalue weighted by atomic mass is 16.5. The van der Waals surface area contributed by atoms with E-state index in [2.05, 4.69) is 21.4 Å². The number of ether oxygens (including phenoxy) is 1. The van der Waals surface area contributed by atoms with Crippen LogP contribution in [-0.4, -0.2) is 16.5 Å². The molecule has 0 spiro atoms. The molecule has 2 rings (SSSR count). The number of benzene rings is 1. The van der Waals surface area contributed by atoms with Crippen molar-refractivity contribution in [3.63, 3.8) is 0 Å². The monoisotopic (exact) mass is 243 g/mol. The van der Waals surface area contributed by atoms with Gasteiger partial charge in [-0.3, -0.25) is 0 Å². The van der Waals surface area contributed by atoms with E-state index in [9.17, 15) is 0 Å². The van der Waals surface area contributed by atoms with Gasteiger partial charge in [0.25, 0.3) is 0 Å². The van der Waals surface area contributed by atoms with Crippen LogP contribution in [0.5, 0.6) is 11.6 Å². The van der Waals surface area contributed by atoms with Gasteiger partial charge in [0.15, 0.2) is 0 Å². The van der Waals surface area contributed by atoms with Crippen LogP contribution in [0.3, 0.4) is 0 Å². The number of hydrogen-bond donors (Lipinski definition) is 1. The fourth-order valence-corrected chi connectivity index (χ4v) is 1.75. The third-order valence-corrected chi connectivity index (χ3v) is 2.38. The lowest BCUT2D eigenvalue weighted by Gasteiger charge is -2.08. The Hall–Kier alpha value is -2.10. The normalized spacial score (nSPS) is 10.2. The lowest BCUT2D eigenvalue weighted by molar-refractivity contribution is 0.461. The molecule has 0 atom stereocenters. The first-order valence-electron chi connectivity index (χ1n) is 6.00. The number of aryl methyl sites for hydroxylation is 2. The fraction of sp³-hybridized carbons (Fsp3) is 0.286. The topological polar surface area (TPSA) is 47.0 Å². The largest absolute Gasteiger partial charge is 0.439 e. The van der Waals surface area contributed by atoms with Crippen molar-refractivity contribution in [1.82, 2.24) is 9.97 Å². The van der Waals surface area contributed by atoms with Crippen molar-refractivity contribution in [3.8, 4) is 11.6 Å². The number of aromatic nitrogens is 2. The summed E-state index contributed by atoms with van der Waals surface area (Å²) in [5, 5.41) is 3.05. The predicted molar refractivity (Wildman–Crippen MR) is 72.2 cm³/mol. The van der Waals surface area contributed by atoms with Gasteiger partial charge >= 0.3 is 0 Å². The molecule has 1 N–H and O–H groups in total. The molecule has 0 fully saturated rings. The van der Waals surface area contributed by atoms with Crippen molar-refractivity contribution >= 4 is 5.95 Å². The lowest BCUT2D eigenvalue weighted by Crippen LogP contribution is -2.02. The van der Waals surface area contributed by atoms with Gasteiger partial charge in [-0.1, -0.05) is 6.07 Å². The van der Waals surface area contributed by atoms with Crippen molar-refractivity contribution in [2.24, 2.45) is 0 Å². The maximum absolute atomic E-state index is 5.74. The average molecular weight is 243 g/mol. The van der Waals surface area contributed by atoms with Crippen LogP contribution in [0.4, 0.5) is 5.95 Å². The molecule has 1 aromatic heterocycles. The van der Waals surface area contributed by atoms with Gasteiger partial charge in [-0.2, -0.15) is 4.98 Å². The first-order chi connectivity index (χ1) is 8.67. The van der Waals surface area contributed by atoms with Crippen molar-refractivity contribution in [2.75, 3.05) is 11.9 Å². The molecule has 0 amide bonds. The molecular weight excluding hydrogens is 226 g/mol. The summed E-state index contributed by atoms with van der Waals surface area (Å²) in [6, 6.07) is 7.83. The maximum Gasteiger partial charge on any atom is 0.225 e. The second-order valence-corrected chi connectivity index (χ2v) is 4.17. The van der Waals surface area contributed by atoms with Crippen LogP contribution in [0.1, 0.15) is 18.1 Å². The molecule has 2 aromatic rings. The van der Waals surface area contributed by atoms with E-state index in [-0.39, 0.29) is 0 Å². The van der Waals surface area contributed by atoms with E-state index in [4.69, 9.17) is 4.74 Å². The highest BCUT2D eigenvalue weighted by Crippen LogP contribution is 2.22. The molecule has 0 aliphatic carbocycles. The van der Waals surface area contributed by atoms with Crippen LogP contribution in [0.2, 0.25) is 0 Å². The Balaban J connectivity index is 2.20. The molecular formula is C14H17N3O. The highest BCUT2D eigenvalue weighted by molar-refractivity contribution is 5.36. The quantitative estimate of drug-likeness (QED) is 0.894. The van der Waals surface area contributed by atoms with Gasteiger partial charge in [0.2, 0.25) is 11.8 Å². The van der Waals surface area contributed by atoms with Gasteiger partial charge in [-0.15, -0.1) is 0 Å². The molecule has 0 bridgehead atoms. The highest BCUT2D eigenvalue weighted by Gasteiger charge is 2.02. The summed E-state index contributed by atoms with van der Waals surface area (Å²) < 4.78 is 5.74. The molecule has 0 radical (unpaired) electrons. The van der Waals surface area contributed by atoms with E-state index < -0.39 is 0 Å². The van der Waals surface area contributed by atoms with Crippen LogP contribution in [0.15, 0.2) is 30.5 Å². The van der Waals surface area contributed by atoms with Crippen molar-refractivity contribution in [2.45, 2.75) is 20.8 Å². The second kappa shape index (κ2) is 5.49. The third kappa shape index (κ3) is 3.20. The summed E-state index contributed by atoms with van der Waals surface area (Å²) in [5.41, 5.74) is 2.34. The number of nitrogens with zero attached hydrogens (tertiary/aromatic N) is 2. The summed E-state index contributed by atoms with van der Waals surface area (Å²) >= 11 is 0. The molecule has 94 valence electrons. The van der Waals surface area contributed by atoms with Crippen LogP contribution >= 0.6 is 0 Å². The van der Waals surface area contributed by atoms with Gasteiger partial charge in [0.1, 0.15) is 5.75 Å². The molecule has 4 heteroatoms. The molecule has 0 aliphatic rings.